The SMILES string of the molecule is CC(C)N(C)S(=O)(=O)c1ccc(NC(=O)C2CCN(C(=O)CCc3ccccc3)CC2)cc1. The second-order valence-electron chi connectivity index (χ2n) is 8.77. The Bertz CT molecular complexity index is 1040. The predicted octanol–water partition coefficient (Wildman–Crippen LogP) is 3.53. The van der Waals surface area contributed by atoms with Gasteiger partial charge in [0.25, 0.3) is 0 Å². The third kappa shape index (κ3) is 6.42. The van der Waals surface area contributed by atoms with Gasteiger partial charge in [0.2, 0.25) is 21.8 Å². The highest BCUT2D eigenvalue weighted by Crippen LogP contribution is 2.22. The minimum atomic E-state index is -3.56. The third-order valence-corrected chi connectivity index (χ3v) is 8.26. The van der Waals surface area contributed by atoms with Gasteiger partial charge in [-0.2, -0.15) is 4.31 Å². The number of amides is 2. The van der Waals surface area contributed by atoms with Crippen molar-refractivity contribution in [3.63, 3.8) is 0 Å². The molecule has 1 saturated heterocycles. The van der Waals surface area contributed by atoms with E-state index in [1.54, 1.807) is 19.2 Å². The molecule has 178 valence electrons. The van der Waals surface area contributed by atoms with Crippen LogP contribution < -0.4 is 5.32 Å². The Morgan fingerprint density at radius 1 is 1.03 bits per heavy atom. The van der Waals surface area contributed by atoms with E-state index in [1.165, 1.54) is 16.4 Å². The van der Waals surface area contributed by atoms with Crippen LogP contribution >= 0.6 is 0 Å². The standard InChI is InChI=1S/C25H33N3O4S/c1-19(2)27(3)33(31,32)23-12-10-22(11-13-23)26-25(30)21-15-17-28(18-16-21)24(29)14-9-20-7-5-4-6-8-20/h4-8,10-13,19,21H,9,14-18H2,1-3H3,(H,26,30). The van der Waals surface area contributed by atoms with Crippen molar-refractivity contribution in [1.29, 1.82) is 0 Å². The lowest BCUT2D eigenvalue weighted by molar-refractivity contribution is -0.134. The number of hydrogen-bond acceptors (Lipinski definition) is 4. The van der Waals surface area contributed by atoms with Crippen molar-refractivity contribution in [1.82, 2.24) is 9.21 Å². The highest BCUT2D eigenvalue weighted by atomic mass is 32.2. The summed E-state index contributed by atoms with van der Waals surface area (Å²) in [7, 11) is -2.01. The zero-order valence-electron chi connectivity index (χ0n) is 19.5. The molecule has 1 aliphatic heterocycles. The van der Waals surface area contributed by atoms with Gasteiger partial charge in [-0.15, -0.1) is 0 Å². The lowest BCUT2D eigenvalue weighted by atomic mass is 9.95. The van der Waals surface area contributed by atoms with Gasteiger partial charge in [0.15, 0.2) is 0 Å². The summed E-state index contributed by atoms with van der Waals surface area (Å²) in [6, 6.07) is 16.1. The molecular weight excluding hydrogens is 438 g/mol. The van der Waals surface area contributed by atoms with Crippen molar-refractivity contribution >= 4 is 27.5 Å². The number of anilines is 1. The summed E-state index contributed by atoms with van der Waals surface area (Å²) in [5.74, 6) is -0.138. The fourth-order valence-corrected chi connectivity index (χ4v) is 5.21. The maximum Gasteiger partial charge on any atom is 0.243 e. The maximum absolute atomic E-state index is 12.7. The monoisotopic (exact) mass is 471 g/mol. The first-order chi connectivity index (χ1) is 15.7. The number of benzene rings is 2. The Morgan fingerprint density at radius 2 is 1.64 bits per heavy atom. The van der Waals surface area contributed by atoms with Gasteiger partial charge >= 0.3 is 0 Å². The molecule has 0 atom stereocenters. The van der Waals surface area contributed by atoms with Crippen molar-refractivity contribution in [2.45, 2.75) is 50.5 Å². The smallest absolute Gasteiger partial charge is 0.243 e. The second kappa shape index (κ2) is 10.9. The van der Waals surface area contributed by atoms with Crippen LogP contribution in [0.1, 0.15) is 38.7 Å². The Hall–Kier alpha value is -2.71. The first-order valence-electron chi connectivity index (χ1n) is 11.4. The molecular formula is C25H33N3O4S. The first-order valence-corrected chi connectivity index (χ1v) is 12.8. The van der Waals surface area contributed by atoms with Crippen molar-refractivity contribution in [3.05, 3.63) is 60.2 Å². The van der Waals surface area contributed by atoms with Crippen LogP contribution in [0.3, 0.4) is 0 Å². The molecule has 0 unspecified atom stereocenters. The van der Waals surface area contributed by atoms with E-state index in [1.807, 2.05) is 49.1 Å². The van der Waals surface area contributed by atoms with Crippen LogP contribution in [-0.2, 0) is 26.0 Å². The highest BCUT2D eigenvalue weighted by molar-refractivity contribution is 7.89. The molecule has 0 saturated carbocycles. The van der Waals surface area contributed by atoms with Crippen molar-refractivity contribution in [3.8, 4) is 0 Å². The van der Waals surface area contributed by atoms with Crippen LogP contribution in [0.25, 0.3) is 0 Å². The summed E-state index contributed by atoms with van der Waals surface area (Å²) >= 11 is 0. The van der Waals surface area contributed by atoms with Gasteiger partial charge < -0.3 is 10.2 Å². The van der Waals surface area contributed by atoms with Crippen LogP contribution in [0.4, 0.5) is 5.69 Å². The molecule has 3 rings (SSSR count). The quantitative estimate of drug-likeness (QED) is 0.638. The van der Waals surface area contributed by atoms with E-state index in [0.29, 0.717) is 38.0 Å². The average molecular weight is 472 g/mol. The Kier molecular flexibility index (Phi) is 8.26. The van der Waals surface area contributed by atoms with E-state index in [9.17, 15) is 18.0 Å². The molecule has 1 heterocycles. The van der Waals surface area contributed by atoms with Crippen LogP contribution in [0.15, 0.2) is 59.5 Å². The van der Waals surface area contributed by atoms with E-state index in [0.717, 1.165) is 12.0 Å². The number of sulfonamides is 1. The second-order valence-corrected chi connectivity index (χ2v) is 10.8. The predicted molar refractivity (Wildman–Crippen MR) is 129 cm³/mol. The molecule has 2 aromatic carbocycles. The molecule has 33 heavy (non-hydrogen) atoms. The zero-order chi connectivity index (χ0) is 24.0. The molecule has 2 aromatic rings. The van der Waals surface area contributed by atoms with Crippen LogP contribution in [0.2, 0.25) is 0 Å². The van der Waals surface area contributed by atoms with E-state index < -0.39 is 10.0 Å². The lowest BCUT2D eigenvalue weighted by Gasteiger charge is -2.31. The number of nitrogens with one attached hydrogen (secondary N) is 1. The number of aryl methyl sites for hydroxylation is 1. The van der Waals surface area contributed by atoms with Gasteiger partial charge in [0, 0.05) is 44.2 Å². The minimum Gasteiger partial charge on any atom is -0.343 e. The topological polar surface area (TPSA) is 86.8 Å². The van der Waals surface area contributed by atoms with E-state index >= 15 is 0 Å². The number of rotatable bonds is 8. The number of piperidine rings is 1. The Morgan fingerprint density at radius 3 is 2.21 bits per heavy atom. The number of hydrogen-bond donors (Lipinski definition) is 1. The van der Waals surface area contributed by atoms with Crippen LogP contribution in [-0.4, -0.2) is 55.6 Å². The third-order valence-electron chi connectivity index (χ3n) is 6.21. The molecule has 0 bridgehead atoms. The van der Waals surface area contributed by atoms with Crippen molar-refractivity contribution < 1.29 is 18.0 Å². The van der Waals surface area contributed by atoms with E-state index in [2.05, 4.69) is 5.32 Å². The fraction of sp³-hybridized carbons (Fsp3) is 0.440. The van der Waals surface area contributed by atoms with Gasteiger partial charge in [-0.05, 0) is 62.9 Å². The molecule has 0 spiro atoms. The molecule has 1 N–H and O–H groups in total. The Labute approximate surface area is 196 Å². The summed E-state index contributed by atoms with van der Waals surface area (Å²) in [5.41, 5.74) is 1.71. The van der Waals surface area contributed by atoms with Crippen LogP contribution in [0, 0.1) is 5.92 Å². The summed E-state index contributed by atoms with van der Waals surface area (Å²) in [5, 5.41) is 2.88. The number of likely N-dealkylation sites (tertiary alicyclic amines) is 1. The van der Waals surface area contributed by atoms with Gasteiger partial charge in [-0.3, -0.25) is 9.59 Å². The average Bonchev–Trinajstić information content (AvgIpc) is 2.83. The van der Waals surface area contributed by atoms with Gasteiger partial charge in [0.05, 0.1) is 4.90 Å². The lowest BCUT2D eigenvalue weighted by Crippen LogP contribution is -2.41. The van der Waals surface area contributed by atoms with Crippen LogP contribution in [0.5, 0.6) is 0 Å². The van der Waals surface area contributed by atoms with E-state index in [-0.39, 0.29) is 28.7 Å². The highest BCUT2D eigenvalue weighted by Gasteiger charge is 2.27. The number of carbonyl (C=O) groups is 2. The van der Waals surface area contributed by atoms with Gasteiger partial charge in [-0.1, -0.05) is 30.3 Å². The van der Waals surface area contributed by atoms with Gasteiger partial charge in [-0.25, -0.2) is 8.42 Å². The zero-order valence-corrected chi connectivity index (χ0v) is 20.3. The maximum atomic E-state index is 12.7. The normalized spacial score (nSPS) is 15.1. The number of nitrogens with zero attached hydrogens (tertiary/aromatic N) is 2. The Balaban J connectivity index is 1.48. The summed E-state index contributed by atoms with van der Waals surface area (Å²) < 4.78 is 26.5. The van der Waals surface area contributed by atoms with Crippen molar-refractivity contribution in [2.75, 3.05) is 25.5 Å². The number of carbonyl (C=O) groups excluding carboxylic acids is 2. The minimum absolute atomic E-state index is 0.0960. The summed E-state index contributed by atoms with van der Waals surface area (Å²) in [6.07, 6.45) is 2.43. The molecule has 2 amide bonds. The molecule has 7 nitrogen and oxygen atoms in total. The molecule has 0 aliphatic carbocycles. The van der Waals surface area contributed by atoms with Crippen molar-refractivity contribution in [2.24, 2.45) is 5.92 Å². The first kappa shape index (κ1) is 24.9. The molecule has 0 aromatic heterocycles. The van der Waals surface area contributed by atoms with E-state index in [4.69, 9.17) is 0 Å². The van der Waals surface area contributed by atoms with Gasteiger partial charge in [0.1, 0.15) is 0 Å². The molecule has 1 aliphatic rings. The molecule has 1 fully saturated rings. The molecule has 0 radical (unpaired) electrons. The summed E-state index contributed by atoms with van der Waals surface area (Å²) in [4.78, 5) is 27.2. The largest absolute Gasteiger partial charge is 0.343 e. The molecule has 8 heteroatoms. The summed E-state index contributed by atoms with van der Waals surface area (Å²) in [6.45, 7) is 4.78. The fourth-order valence-electron chi connectivity index (χ4n) is 3.84.